The number of hydrogen-bond acceptors (Lipinski definition) is 2. The van der Waals surface area contributed by atoms with Gasteiger partial charge in [0.2, 0.25) is 0 Å². The predicted molar refractivity (Wildman–Crippen MR) is 90.0 cm³/mol. The zero-order valence-corrected chi connectivity index (χ0v) is 13.5. The second kappa shape index (κ2) is 5.42. The summed E-state index contributed by atoms with van der Waals surface area (Å²) in [5, 5.41) is 7.30. The summed E-state index contributed by atoms with van der Waals surface area (Å²) in [6, 6.07) is 15.0. The maximum Gasteiger partial charge on any atom is 0.199 e. The van der Waals surface area contributed by atoms with Gasteiger partial charge < -0.3 is 0 Å². The minimum atomic E-state index is -0.255. The fourth-order valence-electron chi connectivity index (χ4n) is 3.06. The molecule has 23 heavy (non-hydrogen) atoms. The Bertz CT molecular complexity index is 893. The zero-order chi connectivity index (χ0) is 16.0. The van der Waals surface area contributed by atoms with Crippen LogP contribution < -0.4 is 0 Å². The molecular formula is C18H16FN3S. The SMILES string of the molecule is Cc1ccc([C@H]2C[C@@H]2c2n[nH]c(=S)n2-c2ccc(F)cc2)cc1. The maximum atomic E-state index is 13.2. The summed E-state index contributed by atoms with van der Waals surface area (Å²) in [6.07, 6.45) is 1.06. The van der Waals surface area contributed by atoms with E-state index in [0.717, 1.165) is 17.9 Å². The molecule has 0 saturated heterocycles. The lowest BCUT2D eigenvalue weighted by Crippen LogP contribution is -2.01. The monoisotopic (exact) mass is 325 g/mol. The molecule has 3 nitrogen and oxygen atoms in total. The summed E-state index contributed by atoms with van der Waals surface area (Å²) in [7, 11) is 0. The van der Waals surface area contributed by atoms with E-state index in [0.29, 0.717) is 16.6 Å². The fraction of sp³-hybridized carbons (Fsp3) is 0.222. The van der Waals surface area contributed by atoms with Crippen LogP contribution in [-0.4, -0.2) is 14.8 Å². The number of nitrogens with one attached hydrogen (secondary N) is 1. The molecule has 1 saturated carbocycles. The number of H-pyrrole nitrogens is 1. The summed E-state index contributed by atoms with van der Waals surface area (Å²) >= 11 is 5.36. The van der Waals surface area contributed by atoms with Crippen molar-refractivity contribution >= 4 is 12.2 Å². The van der Waals surface area contributed by atoms with Gasteiger partial charge in [-0.1, -0.05) is 29.8 Å². The summed E-state index contributed by atoms with van der Waals surface area (Å²) in [5.74, 6) is 1.48. The Hall–Kier alpha value is -2.27. The Morgan fingerprint density at radius 3 is 2.48 bits per heavy atom. The van der Waals surface area contributed by atoms with Crippen molar-refractivity contribution < 1.29 is 4.39 Å². The molecule has 116 valence electrons. The van der Waals surface area contributed by atoms with E-state index in [9.17, 15) is 4.39 Å². The van der Waals surface area contributed by atoms with Gasteiger partial charge in [-0.3, -0.25) is 9.67 Å². The molecule has 5 heteroatoms. The molecule has 1 N–H and O–H groups in total. The number of hydrogen-bond donors (Lipinski definition) is 1. The van der Waals surface area contributed by atoms with Gasteiger partial charge >= 0.3 is 0 Å². The third kappa shape index (κ3) is 2.61. The Morgan fingerprint density at radius 1 is 1.09 bits per heavy atom. The maximum absolute atomic E-state index is 13.2. The van der Waals surface area contributed by atoms with Crippen LogP contribution in [-0.2, 0) is 0 Å². The van der Waals surface area contributed by atoms with Crippen molar-refractivity contribution in [2.24, 2.45) is 0 Å². The molecule has 2 aromatic carbocycles. The Balaban J connectivity index is 1.68. The molecule has 0 bridgehead atoms. The van der Waals surface area contributed by atoms with E-state index in [1.54, 1.807) is 12.1 Å². The average Bonchev–Trinajstić information content (AvgIpc) is 3.25. The molecule has 0 spiro atoms. The molecule has 1 aliphatic rings. The highest BCUT2D eigenvalue weighted by Crippen LogP contribution is 2.54. The molecule has 1 aliphatic carbocycles. The molecule has 1 aromatic heterocycles. The lowest BCUT2D eigenvalue weighted by Gasteiger charge is -2.07. The smallest absolute Gasteiger partial charge is 0.199 e. The van der Waals surface area contributed by atoms with Crippen molar-refractivity contribution in [3.8, 4) is 5.69 Å². The van der Waals surface area contributed by atoms with Gasteiger partial charge in [-0.15, -0.1) is 0 Å². The van der Waals surface area contributed by atoms with Crippen LogP contribution in [0.4, 0.5) is 4.39 Å². The van der Waals surface area contributed by atoms with Crippen molar-refractivity contribution in [2.45, 2.75) is 25.2 Å². The molecule has 0 aliphatic heterocycles. The van der Waals surface area contributed by atoms with E-state index in [4.69, 9.17) is 12.2 Å². The van der Waals surface area contributed by atoms with Gasteiger partial charge in [-0.25, -0.2) is 4.39 Å². The van der Waals surface area contributed by atoms with Crippen molar-refractivity contribution in [2.75, 3.05) is 0 Å². The highest BCUT2D eigenvalue weighted by molar-refractivity contribution is 7.71. The molecular weight excluding hydrogens is 309 g/mol. The van der Waals surface area contributed by atoms with Crippen molar-refractivity contribution in [3.05, 3.63) is 76.1 Å². The molecule has 1 heterocycles. The first-order valence-corrected chi connectivity index (χ1v) is 8.04. The van der Waals surface area contributed by atoms with Crippen LogP contribution in [0.3, 0.4) is 0 Å². The van der Waals surface area contributed by atoms with Gasteiger partial charge in [0.15, 0.2) is 4.77 Å². The third-order valence-electron chi connectivity index (χ3n) is 4.41. The van der Waals surface area contributed by atoms with Crippen LogP contribution in [0, 0.1) is 17.5 Å². The lowest BCUT2D eigenvalue weighted by molar-refractivity contribution is 0.627. The number of benzene rings is 2. The van der Waals surface area contributed by atoms with Crippen molar-refractivity contribution in [3.63, 3.8) is 0 Å². The first kappa shape index (κ1) is 14.3. The third-order valence-corrected chi connectivity index (χ3v) is 4.68. The molecule has 2 atom stereocenters. The van der Waals surface area contributed by atoms with Crippen LogP contribution in [0.25, 0.3) is 5.69 Å². The minimum Gasteiger partial charge on any atom is -0.272 e. The Kier molecular flexibility index (Phi) is 3.38. The second-order valence-electron chi connectivity index (χ2n) is 6.06. The van der Waals surface area contributed by atoms with Gasteiger partial charge in [0.25, 0.3) is 0 Å². The summed E-state index contributed by atoms with van der Waals surface area (Å²) in [6.45, 7) is 2.09. The lowest BCUT2D eigenvalue weighted by atomic mass is 10.1. The van der Waals surface area contributed by atoms with Gasteiger partial charge in [0.05, 0.1) is 0 Å². The topological polar surface area (TPSA) is 33.6 Å². The second-order valence-corrected chi connectivity index (χ2v) is 6.44. The number of aromatic nitrogens is 3. The van der Waals surface area contributed by atoms with Crippen molar-refractivity contribution in [1.29, 1.82) is 0 Å². The number of aromatic amines is 1. The predicted octanol–water partition coefficient (Wildman–Crippen LogP) is 4.65. The van der Waals surface area contributed by atoms with Crippen LogP contribution in [0.15, 0.2) is 48.5 Å². The van der Waals surface area contributed by atoms with Gasteiger partial charge in [-0.05, 0) is 61.3 Å². The number of halogens is 1. The van der Waals surface area contributed by atoms with Gasteiger partial charge in [0, 0.05) is 11.6 Å². The molecule has 1 fully saturated rings. The van der Waals surface area contributed by atoms with Crippen molar-refractivity contribution in [1.82, 2.24) is 14.8 Å². The van der Waals surface area contributed by atoms with Crippen LogP contribution in [0.2, 0.25) is 0 Å². The van der Waals surface area contributed by atoms with Gasteiger partial charge in [0.1, 0.15) is 11.6 Å². The van der Waals surface area contributed by atoms with E-state index in [1.807, 2.05) is 4.57 Å². The molecule has 3 aromatic rings. The minimum absolute atomic E-state index is 0.255. The molecule has 0 radical (unpaired) electrons. The Morgan fingerprint density at radius 2 is 1.78 bits per heavy atom. The summed E-state index contributed by atoms with van der Waals surface area (Å²) in [4.78, 5) is 0. The average molecular weight is 325 g/mol. The molecule has 0 unspecified atom stereocenters. The molecule has 4 rings (SSSR count). The van der Waals surface area contributed by atoms with Crippen LogP contribution in [0.5, 0.6) is 0 Å². The van der Waals surface area contributed by atoms with E-state index in [2.05, 4.69) is 41.4 Å². The first-order chi connectivity index (χ1) is 11.1. The quantitative estimate of drug-likeness (QED) is 0.711. The van der Waals surface area contributed by atoms with Gasteiger partial charge in [-0.2, -0.15) is 5.10 Å². The summed E-state index contributed by atoms with van der Waals surface area (Å²) in [5.41, 5.74) is 3.44. The van der Waals surface area contributed by atoms with E-state index >= 15 is 0 Å². The fourth-order valence-corrected chi connectivity index (χ4v) is 3.30. The van der Waals surface area contributed by atoms with E-state index in [1.165, 1.54) is 23.3 Å². The van der Waals surface area contributed by atoms with E-state index < -0.39 is 0 Å². The number of rotatable bonds is 3. The Labute approximate surface area is 138 Å². The first-order valence-electron chi connectivity index (χ1n) is 7.63. The van der Waals surface area contributed by atoms with Crippen LogP contribution in [0.1, 0.15) is 35.2 Å². The number of aryl methyl sites for hydroxylation is 1. The van der Waals surface area contributed by atoms with E-state index in [-0.39, 0.29) is 5.82 Å². The number of nitrogens with zero attached hydrogens (tertiary/aromatic N) is 2. The largest absolute Gasteiger partial charge is 0.272 e. The van der Waals surface area contributed by atoms with Crippen LogP contribution >= 0.6 is 12.2 Å². The molecule has 0 amide bonds. The summed E-state index contributed by atoms with van der Waals surface area (Å²) < 4.78 is 15.6. The zero-order valence-electron chi connectivity index (χ0n) is 12.7. The normalized spacial score (nSPS) is 19.7. The standard InChI is InChI=1S/C18H16FN3S/c1-11-2-4-12(5-3-11)15-10-16(15)17-20-21-18(23)22(17)14-8-6-13(19)7-9-14/h2-9,15-16H,10H2,1H3,(H,21,23)/t15-,16+/m1/s1. The highest BCUT2D eigenvalue weighted by atomic mass is 32.1. The highest BCUT2D eigenvalue weighted by Gasteiger charge is 2.43.